The molecule has 4 nitrogen and oxygen atoms in total. The van der Waals surface area contributed by atoms with Gasteiger partial charge in [-0.05, 0) is 18.9 Å². The van der Waals surface area contributed by atoms with E-state index in [1.807, 2.05) is 24.3 Å². The first-order valence-corrected chi connectivity index (χ1v) is 7.99. The number of alkyl halides is 3. The largest absolute Gasteiger partial charge is 0.496 e. The molecule has 0 unspecified atom stereocenters. The molecule has 0 saturated heterocycles. The van der Waals surface area contributed by atoms with Crippen molar-refractivity contribution in [2.45, 2.75) is 45.1 Å². The van der Waals surface area contributed by atoms with Gasteiger partial charge in [-0.3, -0.25) is 0 Å². The second-order valence-corrected chi connectivity index (χ2v) is 5.85. The minimum Gasteiger partial charge on any atom is -0.496 e. The van der Waals surface area contributed by atoms with Crippen LogP contribution in [-0.4, -0.2) is 16.7 Å². The molecule has 2 aromatic rings. The van der Waals surface area contributed by atoms with Gasteiger partial charge < -0.3 is 14.6 Å². The highest BCUT2D eigenvalue weighted by molar-refractivity contribution is 5.33. The van der Waals surface area contributed by atoms with Gasteiger partial charge in [0.2, 0.25) is 0 Å². The SMILES string of the molecule is COc1ccccc1CNCc1c(C(F)(F)F)nc2n1CCCC2. The molecule has 1 aliphatic heterocycles. The van der Waals surface area contributed by atoms with Gasteiger partial charge in [0.15, 0.2) is 5.69 Å². The fraction of sp³-hybridized carbons (Fsp3) is 0.471. The number of nitrogens with one attached hydrogen (secondary N) is 1. The first kappa shape index (κ1) is 16.8. The molecular formula is C17H20F3N3O. The number of rotatable bonds is 5. The number of hydrogen-bond donors (Lipinski definition) is 1. The Morgan fingerprint density at radius 2 is 2.00 bits per heavy atom. The zero-order chi connectivity index (χ0) is 17.2. The van der Waals surface area contributed by atoms with E-state index in [-0.39, 0.29) is 12.2 Å². The Morgan fingerprint density at radius 3 is 2.75 bits per heavy atom. The van der Waals surface area contributed by atoms with E-state index in [1.165, 1.54) is 0 Å². The molecule has 0 spiro atoms. The van der Waals surface area contributed by atoms with Gasteiger partial charge in [-0.15, -0.1) is 0 Å². The number of para-hydroxylation sites is 1. The smallest absolute Gasteiger partial charge is 0.435 e. The second-order valence-electron chi connectivity index (χ2n) is 5.85. The van der Waals surface area contributed by atoms with E-state index in [1.54, 1.807) is 11.7 Å². The Balaban J connectivity index is 1.78. The molecule has 0 bridgehead atoms. The summed E-state index contributed by atoms with van der Waals surface area (Å²) < 4.78 is 46.8. The van der Waals surface area contributed by atoms with Crippen LogP contribution in [0.3, 0.4) is 0 Å². The molecule has 0 radical (unpaired) electrons. The summed E-state index contributed by atoms with van der Waals surface area (Å²) in [6.07, 6.45) is -2.04. The van der Waals surface area contributed by atoms with Crippen LogP contribution in [0.2, 0.25) is 0 Å². The van der Waals surface area contributed by atoms with Crippen molar-refractivity contribution in [3.8, 4) is 5.75 Å². The molecule has 3 rings (SSSR count). The number of aryl methyl sites for hydroxylation is 1. The lowest BCUT2D eigenvalue weighted by Crippen LogP contribution is -2.21. The average Bonchev–Trinajstić information content (AvgIpc) is 2.94. The predicted molar refractivity (Wildman–Crippen MR) is 83.7 cm³/mol. The predicted octanol–water partition coefficient (Wildman–Crippen LogP) is 3.54. The number of hydrogen-bond acceptors (Lipinski definition) is 3. The van der Waals surface area contributed by atoms with Crippen molar-refractivity contribution in [1.82, 2.24) is 14.9 Å². The lowest BCUT2D eigenvalue weighted by Gasteiger charge is -2.17. The zero-order valence-corrected chi connectivity index (χ0v) is 13.5. The minimum atomic E-state index is -4.42. The van der Waals surface area contributed by atoms with Crippen molar-refractivity contribution in [2.75, 3.05) is 7.11 Å². The Hall–Kier alpha value is -2.02. The summed E-state index contributed by atoms with van der Waals surface area (Å²) in [7, 11) is 1.58. The average molecular weight is 339 g/mol. The Labute approximate surface area is 138 Å². The van der Waals surface area contributed by atoms with Gasteiger partial charge in [0.25, 0.3) is 0 Å². The number of fused-ring (bicyclic) bond motifs is 1. The summed E-state index contributed by atoms with van der Waals surface area (Å²) in [5.41, 5.74) is 0.381. The molecule has 1 aromatic carbocycles. The minimum absolute atomic E-state index is 0.125. The van der Waals surface area contributed by atoms with Crippen molar-refractivity contribution in [3.05, 3.63) is 47.0 Å². The maximum absolute atomic E-state index is 13.3. The van der Waals surface area contributed by atoms with Gasteiger partial charge in [0.05, 0.1) is 12.8 Å². The van der Waals surface area contributed by atoms with Gasteiger partial charge in [-0.1, -0.05) is 18.2 Å². The molecule has 0 fully saturated rings. The van der Waals surface area contributed by atoms with Crippen LogP contribution in [0.1, 0.15) is 35.6 Å². The van der Waals surface area contributed by atoms with E-state index in [0.29, 0.717) is 25.3 Å². The van der Waals surface area contributed by atoms with Crippen LogP contribution in [0.15, 0.2) is 24.3 Å². The number of ether oxygens (including phenoxy) is 1. The number of nitrogens with zero attached hydrogens (tertiary/aromatic N) is 2. The highest BCUT2D eigenvalue weighted by atomic mass is 19.4. The maximum atomic E-state index is 13.3. The molecule has 24 heavy (non-hydrogen) atoms. The first-order chi connectivity index (χ1) is 11.5. The monoisotopic (exact) mass is 339 g/mol. The van der Waals surface area contributed by atoms with E-state index < -0.39 is 11.9 Å². The molecule has 0 saturated carbocycles. The first-order valence-electron chi connectivity index (χ1n) is 7.99. The summed E-state index contributed by atoms with van der Waals surface area (Å²) in [6, 6.07) is 7.46. The number of methoxy groups -OCH3 is 1. The molecule has 0 atom stereocenters. The topological polar surface area (TPSA) is 39.1 Å². The highest BCUT2D eigenvalue weighted by Crippen LogP contribution is 2.33. The standard InChI is InChI=1S/C17H20F3N3O/c1-24-14-7-3-2-6-12(14)10-21-11-13-16(17(18,19)20)22-15-8-4-5-9-23(13)15/h2-3,6-7,21H,4-5,8-11H2,1H3. The molecule has 0 aliphatic carbocycles. The molecule has 1 aromatic heterocycles. The van der Waals surface area contributed by atoms with E-state index >= 15 is 0 Å². The fourth-order valence-electron chi connectivity index (χ4n) is 3.12. The van der Waals surface area contributed by atoms with Crippen LogP contribution in [0.5, 0.6) is 5.75 Å². The van der Waals surface area contributed by atoms with E-state index in [2.05, 4.69) is 10.3 Å². The van der Waals surface area contributed by atoms with Gasteiger partial charge in [-0.2, -0.15) is 13.2 Å². The maximum Gasteiger partial charge on any atom is 0.435 e. The summed E-state index contributed by atoms with van der Waals surface area (Å²) >= 11 is 0. The summed E-state index contributed by atoms with van der Waals surface area (Å²) in [4.78, 5) is 3.85. The van der Waals surface area contributed by atoms with Crippen LogP contribution >= 0.6 is 0 Å². The Kier molecular flexibility index (Phi) is 4.80. The van der Waals surface area contributed by atoms with Gasteiger partial charge in [0, 0.05) is 31.6 Å². The van der Waals surface area contributed by atoms with Crippen LogP contribution in [0.4, 0.5) is 13.2 Å². The molecule has 130 valence electrons. The molecule has 0 amide bonds. The fourth-order valence-corrected chi connectivity index (χ4v) is 3.12. The highest BCUT2D eigenvalue weighted by Gasteiger charge is 2.39. The van der Waals surface area contributed by atoms with Gasteiger partial charge in [-0.25, -0.2) is 4.98 Å². The molecular weight excluding hydrogens is 319 g/mol. The summed E-state index contributed by atoms with van der Waals surface area (Å²) in [5.74, 6) is 1.26. The van der Waals surface area contributed by atoms with E-state index in [9.17, 15) is 13.2 Å². The number of benzene rings is 1. The van der Waals surface area contributed by atoms with Crippen molar-refractivity contribution in [1.29, 1.82) is 0 Å². The van der Waals surface area contributed by atoms with Crippen molar-refractivity contribution < 1.29 is 17.9 Å². The third-order valence-electron chi connectivity index (χ3n) is 4.25. The number of imidazole rings is 1. The molecule has 1 aliphatic rings. The molecule has 7 heteroatoms. The zero-order valence-electron chi connectivity index (χ0n) is 13.5. The van der Waals surface area contributed by atoms with Crippen LogP contribution in [0, 0.1) is 0 Å². The van der Waals surface area contributed by atoms with E-state index in [4.69, 9.17) is 4.74 Å². The molecule has 1 N–H and O–H groups in total. The third kappa shape index (κ3) is 3.40. The van der Waals surface area contributed by atoms with Crippen molar-refractivity contribution in [2.24, 2.45) is 0 Å². The van der Waals surface area contributed by atoms with Gasteiger partial charge >= 0.3 is 6.18 Å². The lowest BCUT2D eigenvalue weighted by molar-refractivity contribution is -0.141. The number of aromatic nitrogens is 2. The second kappa shape index (κ2) is 6.84. The Morgan fingerprint density at radius 1 is 1.21 bits per heavy atom. The van der Waals surface area contributed by atoms with Crippen LogP contribution in [0.25, 0.3) is 0 Å². The van der Waals surface area contributed by atoms with Crippen LogP contribution < -0.4 is 10.1 Å². The quantitative estimate of drug-likeness (QED) is 0.906. The van der Waals surface area contributed by atoms with Crippen molar-refractivity contribution in [3.63, 3.8) is 0 Å². The lowest BCUT2D eigenvalue weighted by atomic mass is 10.1. The van der Waals surface area contributed by atoms with Crippen molar-refractivity contribution >= 4 is 0 Å². The van der Waals surface area contributed by atoms with E-state index in [0.717, 1.165) is 24.2 Å². The normalized spacial score (nSPS) is 14.5. The van der Waals surface area contributed by atoms with Gasteiger partial charge in [0.1, 0.15) is 11.6 Å². The summed E-state index contributed by atoms with van der Waals surface area (Å²) in [5, 5.41) is 3.10. The Bertz CT molecular complexity index is 710. The molecule has 2 heterocycles. The number of halogens is 3. The van der Waals surface area contributed by atoms with Crippen LogP contribution in [-0.2, 0) is 32.2 Å². The summed E-state index contributed by atoms with van der Waals surface area (Å²) in [6.45, 7) is 1.16. The third-order valence-corrected chi connectivity index (χ3v) is 4.25.